The molecule has 0 N–H and O–H groups in total. The Balaban J connectivity index is 1.27. The quantitative estimate of drug-likeness (QED) is 0.585. The lowest BCUT2D eigenvalue weighted by Crippen LogP contribution is -2.23. The van der Waals surface area contributed by atoms with Gasteiger partial charge in [-0.2, -0.15) is 10.2 Å². The van der Waals surface area contributed by atoms with E-state index in [1.807, 2.05) is 48.5 Å². The highest BCUT2D eigenvalue weighted by atomic mass is 16.7. The van der Waals surface area contributed by atoms with Gasteiger partial charge in [-0.25, -0.2) is 9.50 Å². The van der Waals surface area contributed by atoms with Crippen LogP contribution in [-0.2, 0) is 16.5 Å². The molecule has 2 unspecified atom stereocenters. The molecule has 3 aromatic heterocycles. The molecule has 0 aromatic carbocycles. The second kappa shape index (κ2) is 8.68. The highest BCUT2D eigenvalue weighted by Gasteiger charge is 2.23. The van der Waals surface area contributed by atoms with Crippen molar-refractivity contribution in [1.29, 1.82) is 0 Å². The molecule has 1 fully saturated rings. The molecule has 0 bridgehead atoms. The van der Waals surface area contributed by atoms with Crippen molar-refractivity contribution < 1.29 is 9.47 Å². The Morgan fingerprint density at radius 2 is 2.19 bits per heavy atom. The lowest BCUT2D eigenvalue weighted by atomic mass is 10.0. The number of imidazole rings is 1. The fourth-order valence-corrected chi connectivity index (χ4v) is 3.96. The number of hydrogen-bond donors (Lipinski definition) is 0. The van der Waals surface area contributed by atoms with Crippen molar-refractivity contribution in [1.82, 2.24) is 24.4 Å². The standard InChI is InChI=1S/C22H27N7O2/c1-15(18-12-23-20(26-18)8-10-31-22-5-3-4-9-30-22)19-13-24-21-7-6-17(27-29(19)21)16-11-25-28(2)14-16/h6-7,11-15,20,22H,3-5,8-10H2,1-2H3/t15-,20?,22?/m1/s1. The Hall–Kier alpha value is -2.91. The Labute approximate surface area is 180 Å². The molecular weight excluding hydrogens is 394 g/mol. The summed E-state index contributed by atoms with van der Waals surface area (Å²) >= 11 is 0. The van der Waals surface area contributed by atoms with Gasteiger partial charge in [0.25, 0.3) is 0 Å². The van der Waals surface area contributed by atoms with E-state index in [4.69, 9.17) is 19.6 Å². The van der Waals surface area contributed by atoms with E-state index in [-0.39, 0.29) is 18.4 Å². The third-order valence-corrected chi connectivity index (χ3v) is 5.77. The monoisotopic (exact) mass is 421 g/mol. The molecule has 0 aliphatic carbocycles. The summed E-state index contributed by atoms with van der Waals surface area (Å²) in [5.41, 5.74) is 4.56. The molecule has 162 valence electrons. The van der Waals surface area contributed by atoms with Crippen molar-refractivity contribution in [2.24, 2.45) is 17.0 Å². The first kappa shape index (κ1) is 20.0. The first-order valence-corrected chi connectivity index (χ1v) is 10.8. The highest BCUT2D eigenvalue weighted by Crippen LogP contribution is 2.23. The smallest absolute Gasteiger partial charge is 0.157 e. The summed E-state index contributed by atoms with van der Waals surface area (Å²) in [6.07, 6.45) is 11.4. The van der Waals surface area contributed by atoms with E-state index in [0.717, 1.165) is 54.2 Å². The van der Waals surface area contributed by atoms with Gasteiger partial charge in [0.15, 0.2) is 11.9 Å². The van der Waals surface area contributed by atoms with E-state index in [1.165, 1.54) is 6.42 Å². The molecule has 3 atom stereocenters. The minimum absolute atomic E-state index is 0.0306. The summed E-state index contributed by atoms with van der Waals surface area (Å²) in [6, 6.07) is 3.94. The van der Waals surface area contributed by atoms with Crippen molar-refractivity contribution in [3.8, 4) is 11.3 Å². The fraction of sp³-hybridized carbons (Fsp3) is 0.500. The van der Waals surface area contributed by atoms with Gasteiger partial charge < -0.3 is 9.47 Å². The van der Waals surface area contributed by atoms with Crippen LogP contribution in [0.25, 0.3) is 16.9 Å². The van der Waals surface area contributed by atoms with E-state index in [1.54, 1.807) is 4.68 Å². The van der Waals surface area contributed by atoms with Crippen molar-refractivity contribution >= 4 is 17.6 Å². The van der Waals surface area contributed by atoms with Crippen LogP contribution >= 0.6 is 0 Å². The van der Waals surface area contributed by atoms with E-state index >= 15 is 0 Å². The number of aryl methyl sites for hydroxylation is 1. The summed E-state index contributed by atoms with van der Waals surface area (Å²) in [4.78, 5) is 13.9. The molecule has 9 nitrogen and oxygen atoms in total. The van der Waals surface area contributed by atoms with E-state index in [2.05, 4.69) is 22.0 Å². The molecule has 1 saturated heterocycles. The Morgan fingerprint density at radius 1 is 1.26 bits per heavy atom. The normalized spacial score (nSPS) is 22.2. The zero-order valence-electron chi connectivity index (χ0n) is 17.9. The number of hydrogen-bond acceptors (Lipinski definition) is 7. The molecule has 5 heterocycles. The molecule has 0 saturated carbocycles. The Morgan fingerprint density at radius 3 is 3.00 bits per heavy atom. The van der Waals surface area contributed by atoms with Gasteiger partial charge in [0, 0.05) is 44.0 Å². The summed E-state index contributed by atoms with van der Waals surface area (Å²) in [7, 11) is 1.90. The second-order valence-electron chi connectivity index (χ2n) is 8.06. The number of rotatable bonds is 7. The van der Waals surface area contributed by atoms with Crippen LogP contribution in [0.1, 0.15) is 44.2 Å². The average Bonchev–Trinajstić information content (AvgIpc) is 3.53. The van der Waals surface area contributed by atoms with Gasteiger partial charge in [0.05, 0.1) is 36.1 Å². The summed E-state index contributed by atoms with van der Waals surface area (Å²) in [5, 5.41) is 9.04. The van der Waals surface area contributed by atoms with Gasteiger partial charge in [0.2, 0.25) is 0 Å². The predicted octanol–water partition coefficient (Wildman–Crippen LogP) is 3.02. The van der Waals surface area contributed by atoms with E-state index < -0.39 is 0 Å². The second-order valence-corrected chi connectivity index (χ2v) is 8.06. The van der Waals surface area contributed by atoms with Crippen molar-refractivity contribution in [3.05, 3.63) is 36.4 Å². The lowest BCUT2D eigenvalue weighted by Gasteiger charge is -2.22. The van der Waals surface area contributed by atoms with Gasteiger partial charge in [-0.1, -0.05) is 6.92 Å². The maximum absolute atomic E-state index is 5.83. The first-order chi connectivity index (χ1) is 15.2. The fourth-order valence-electron chi connectivity index (χ4n) is 3.96. The topological polar surface area (TPSA) is 91.2 Å². The maximum Gasteiger partial charge on any atom is 0.157 e. The number of fused-ring (bicyclic) bond motifs is 1. The van der Waals surface area contributed by atoms with Gasteiger partial charge in [-0.15, -0.1) is 0 Å². The molecule has 2 aliphatic heterocycles. The molecule has 0 radical (unpaired) electrons. The third-order valence-electron chi connectivity index (χ3n) is 5.77. The number of aromatic nitrogens is 5. The molecule has 2 aliphatic rings. The first-order valence-electron chi connectivity index (χ1n) is 10.8. The minimum atomic E-state index is -0.0980. The van der Waals surface area contributed by atoms with Crippen LogP contribution in [-0.4, -0.2) is 62.0 Å². The van der Waals surface area contributed by atoms with Crippen LogP contribution in [0.15, 0.2) is 40.7 Å². The Bertz CT molecular complexity index is 1110. The van der Waals surface area contributed by atoms with Gasteiger partial charge in [-0.3, -0.25) is 14.7 Å². The number of nitrogens with zero attached hydrogens (tertiary/aromatic N) is 7. The molecule has 31 heavy (non-hydrogen) atoms. The van der Waals surface area contributed by atoms with Crippen LogP contribution in [0.5, 0.6) is 0 Å². The summed E-state index contributed by atoms with van der Waals surface area (Å²) < 4.78 is 15.1. The van der Waals surface area contributed by atoms with Crippen LogP contribution in [0.2, 0.25) is 0 Å². The summed E-state index contributed by atoms with van der Waals surface area (Å²) in [5.74, 6) is 0.0306. The van der Waals surface area contributed by atoms with Crippen LogP contribution in [0.3, 0.4) is 0 Å². The predicted molar refractivity (Wildman–Crippen MR) is 117 cm³/mol. The number of aliphatic imine (C=N–C) groups is 2. The van der Waals surface area contributed by atoms with E-state index in [9.17, 15) is 0 Å². The van der Waals surface area contributed by atoms with Gasteiger partial charge >= 0.3 is 0 Å². The molecule has 3 aromatic rings. The third kappa shape index (κ3) is 4.28. The maximum atomic E-state index is 5.83. The lowest BCUT2D eigenvalue weighted by molar-refractivity contribution is -0.163. The average molecular weight is 422 g/mol. The van der Waals surface area contributed by atoms with Crippen molar-refractivity contribution in [3.63, 3.8) is 0 Å². The largest absolute Gasteiger partial charge is 0.353 e. The molecule has 5 rings (SSSR count). The zero-order valence-corrected chi connectivity index (χ0v) is 17.9. The van der Waals surface area contributed by atoms with Crippen LogP contribution in [0, 0.1) is 0 Å². The molecule has 0 amide bonds. The van der Waals surface area contributed by atoms with Crippen molar-refractivity contribution in [2.45, 2.75) is 51.0 Å². The minimum Gasteiger partial charge on any atom is -0.353 e. The molecule has 9 heteroatoms. The van der Waals surface area contributed by atoms with Gasteiger partial charge in [0.1, 0.15) is 6.17 Å². The van der Waals surface area contributed by atoms with Crippen molar-refractivity contribution in [2.75, 3.05) is 13.2 Å². The van der Waals surface area contributed by atoms with Crippen LogP contribution < -0.4 is 0 Å². The SMILES string of the molecule is C[C@H](C1=NC(CCOC2CCCCO2)N=C1)c1cnc2ccc(-c3cnn(C)c3)nn12. The van der Waals surface area contributed by atoms with Crippen LogP contribution in [0.4, 0.5) is 0 Å². The zero-order chi connectivity index (χ0) is 21.2. The number of ether oxygens (including phenoxy) is 2. The molecule has 0 spiro atoms. The van der Waals surface area contributed by atoms with Gasteiger partial charge in [-0.05, 0) is 31.4 Å². The Kier molecular flexibility index (Phi) is 5.61. The summed E-state index contributed by atoms with van der Waals surface area (Å²) in [6.45, 7) is 3.51. The van der Waals surface area contributed by atoms with E-state index in [0.29, 0.717) is 6.61 Å². The highest BCUT2D eigenvalue weighted by molar-refractivity contribution is 6.34. The molecular formula is C22H27N7O2.